The van der Waals surface area contributed by atoms with E-state index in [0.717, 1.165) is 46.8 Å². The van der Waals surface area contributed by atoms with Crippen LogP contribution in [0.3, 0.4) is 0 Å². The Balaban J connectivity index is 1.70. The van der Waals surface area contributed by atoms with Crippen LogP contribution < -0.4 is 11.2 Å². The van der Waals surface area contributed by atoms with E-state index < -0.39 is 0 Å². The average Bonchev–Trinajstić information content (AvgIpc) is 3.53. The van der Waals surface area contributed by atoms with Crippen molar-refractivity contribution in [2.45, 2.75) is 52.2 Å². The molecular weight excluding hydrogens is 456 g/mol. The largest absolute Gasteiger partial charge is 0.329 e. The molecule has 6 nitrogen and oxygen atoms in total. The normalized spacial score (nSPS) is 14.2. The molecule has 0 unspecified atom stereocenters. The van der Waals surface area contributed by atoms with Crippen LogP contribution in [0, 0.1) is 5.92 Å². The highest BCUT2D eigenvalue weighted by atomic mass is 79.9. The summed E-state index contributed by atoms with van der Waals surface area (Å²) in [5.74, 6) is 1.14. The molecule has 2 heterocycles. The Bertz CT molecular complexity index is 1410. The van der Waals surface area contributed by atoms with Crippen molar-refractivity contribution < 1.29 is 0 Å². The molecule has 0 radical (unpaired) electrons. The molecule has 160 valence electrons. The molecule has 0 aliphatic heterocycles. The number of fused-ring (bicyclic) bond motifs is 2. The minimum Gasteiger partial charge on any atom is -0.327 e. The van der Waals surface area contributed by atoms with Crippen LogP contribution in [0.5, 0.6) is 0 Å². The van der Waals surface area contributed by atoms with Crippen LogP contribution in [0.15, 0.2) is 56.5 Å². The van der Waals surface area contributed by atoms with Crippen molar-refractivity contribution in [1.29, 1.82) is 0 Å². The predicted molar refractivity (Wildman–Crippen MR) is 127 cm³/mol. The van der Waals surface area contributed by atoms with Gasteiger partial charge in [-0.25, -0.2) is 4.79 Å². The van der Waals surface area contributed by atoms with E-state index >= 15 is 0 Å². The van der Waals surface area contributed by atoms with Gasteiger partial charge in [-0.2, -0.15) is 4.98 Å². The highest BCUT2D eigenvalue weighted by Crippen LogP contribution is 2.36. The molecule has 2 aromatic carbocycles. The van der Waals surface area contributed by atoms with Crippen molar-refractivity contribution in [1.82, 2.24) is 18.7 Å². The maximum Gasteiger partial charge on any atom is 0.329 e. The quantitative estimate of drug-likeness (QED) is 0.401. The maximum atomic E-state index is 13.3. The van der Waals surface area contributed by atoms with E-state index in [9.17, 15) is 9.59 Å². The molecule has 2 aromatic heterocycles. The van der Waals surface area contributed by atoms with Gasteiger partial charge in [-0.1, -0.05) is 41.9 Å². The second-order valence-corrected chi connectivity index (χ2v) is 9.70. The van der Waals surface area contributed by atoms with Gasteiger partial charge in [-0.05, 0) is 55.5 Å². The van der Waals surface area contributed by atoms with Crippen molar-refractivity contribution in [3.8, 4) is 0 Å². The number of rotatable bonds is 6. The molecular formula is C24H25BrN4O2. The molecule has 0 N–H and O–H groups in total. The molecule has 0 saturated heterocycles. The summed E-state index contributed by atoms with van der Waals surface area (Å²) in [6, 6.07) is 13.9. The lowest BCUT2D eigenvalue weighted by Crippen LogP contribution is -2.28. The number of halogens is 1. The van der Waals surface area contributed by atoms with Gasteiger partial charge in [0, 0.05) is 17.1 Å². The smallest absolute Gasteiger partial charge is 0.327 e. The van der Waals surface area contributed by atoms with Gasteiger partial charge in [0.05, 0.1) is 28.5 Å². The maximum absolute atomic E-state index is 13.3. The van der Waals surface area contributed by atoms with Gasteiger partial charge in [0.2, 0.25) is 0 Å². The molecule has 1 fully saturated rings. The summed E-state index contributed by atoms with van der Waals surface area (Å²) in [4.78, 5) is 30.7. The van der Waals surface area contributed by atoms with E-state index in [0.29, 0.717) is 17.1 Å². The SMILES string of the molecule is CC(C)CCn1c(Cn2c(=O)n(C3CC3)c3ccccc32)nc(=O)c2cc(Br)ccc21. The lowest BCUT2D eigenvalue weighted by Gasteiger charge is -2.17. The van der Waals surface area contributed by atoms with Crippen molar-refractivity contribution in [2.24, 2.45) is 5.92 Å². The van der Waals surface area contributed by atoms with E-state index in [2.05, 4.69) is 39.3 Å². The summed E-state index contributed by atoms with van der Waals surface area (Å²) < 4.78 is 6.64. The summed E-state index contributed by atoms with van der Waals surface area (Å²) in [5, 5.41) is 0.592. The Morgan fingerprint density at radius 3 is 2.48 bits per heavy atom. The molecule has 7 heteroatoms. The number of imidazole rings is 1. The van der Waals surface area contributed by atoms with Crippen LogP contribution in [-0.2, 0) is 13.1 Å². The van der Waals surface area contributed by atoms with Crippen LogP contribution >= 0.6 is 15.9 Å². The first kappa shape index (κ1) is 20.2. The molecule has 4 aromatic rings. The zero-order valence-electron chi connectivity index (χ0n) is 17.7. The number of hydrogen-bond donors (Lipinski definition) is 0. The first-order chi connectivity index (χ1) is 14.9. The van der Waals surface area contributed by atoms with Gasteiger partial charge >= 0.3 is 5.69 Å². The summed E-state index contributed by atoms with van der Waals surface area (Å²) in [7, 11) is 0. The Hall–Kier alpha value is -2.67. The molecule has 1 saturated carbocycles. The van der Waals surface area contributed by atoms with E-state index in [-0.39, 0.29) is 23.8 Å². The average molecular weight is 481 g/mol. The van der Waals surface area contributed by atoms with Crippen LogP contribution in [0.25, 0.3) is 21.9 Å². The molecule has 0 spiro atoms. The number of hydrogen-bond acceptors (Lipinski definition) is 3. The van der Waals surface area contributed by atoms with E-state index in [1.807, 2.05) is 47.0 Å². The lowest BCUT2D eigenvalue weighted by molar-refractivity contribution is 0.500. The zero-order valence-corrected chi connectivity index (χ0v) is 19.3. The number of para-hydroxylation sites is 2. The molecule has 31 heavy (non-hydrogen) atoms. The van der Waals surface area contributed by atoms with E-state index in [4.69, 9.17) is 0 Å². The molecule has 1 aliphatic rings. The van der Waals surface area contributed by atoms with Crippen molar-refractivity contribution in [3.63, 3.8) is 0 Å². The second kappa shape index (κ2) is 7.79. The van der Waals surface area contributed by atoms with Crippen LogP contribution in [0.4, 0.5) is 0 Å². The van der Waals surface area contributed by atoms with Gasteiger partial charge in [-0.3, -0.25) is 13.9 Å². The van der Waals surface area contributed by atoms with Gasteiger partial charge in [0.25, 0.3) is 5.56 Å². The Labute approximate surface area is 188 Å². The van der Waals surface area contributed by atoms with E-state index in [1.54, 1.807) is 4.57 Å². The minimum atomic E-state index is -0.258. The third kappa shape index (κ3) is 3.65. The summed E-state index contributed by atoms with van der Waals surface area (Å²) in [6.07, 6.45) is 3.04. The molecule has 0 atom stereocenters. The molecule has 1 aliphatic carbocycles. The number of benzene rings is 2. The van der Waals surface area contributed by atoms with Crippen LogP contribution in [-0.4, -0.2) is 18.7 Å². The zero-order chi connectivity index (χ0) is 21.7. The Morgan fingerprint density at radius 2 is 1.77 bits per heavy atom. The summed E-state index contributed by atoms with van der Waals surface area (Å²) in [6.45, 7) is 5.39. The third-order valence-electron chi connectivity index (χ3n) is 6.03. The standard InChI is InChI=1S/C24H25BrN4O2/c1-15(2)11-12-27-19-10-7-16(25)13-18(19)23(30)26-22(27)14-28-20-5-3-4-6-21(20)29(24(28)31)17-8-9-17/h3-7,10,13,15,17H,8-9,11-12,14H2,1-2H3. The highest BCUT2D eigenvalue weighted by molar-refractivity contribution is 9.10. The number of aryl methyl sites for hydroxylation is 1. The topological polar surface area (TPSA) is 61.8 Å². The van der Waals surface area contributed by atoms with Gasteiger partial charge < -0.3 is 4.57 Å². The number of aromatic nitrogens is 4. The van der Waals surface area contributed by atoms with Crippen molar-refractivity contribution in [2.75, 3.05) is 0 Å². The predicted octanol–water partition coefficient (Wildman–Crippen LogP) is 4.70. The fraction of sp³-hybridized carbons (Fsp3) is 0.375. The fourth-order valence-corrected chi connectivity index (χ4v) is 4.62. The van der Waals surface area contributed by atoms with Gasteiger partial charge in [0.15, 0.2) is 0 Å². The molecule has 0 amide bonds. The van der Waals surface area contributed by atoms with Crippen LogP contribution in [0.2, 0.25) is 0 Å². The first-order valence-electron chi connectivity index (χ1n) is 10.8. The highest BCUT2D eigenvalue weighted by Gasteiger charge is 2.29. The second-order valence-electron chi connectivity index (χ2n) is 8.79. The minimum absolute atomic E-state index is 0.0238. The van der Waals surface area contributed by atoms with Gasteiger partial charge in [-0.15, -0.1) is 0 Å². The van der Waals surface area contributed by atoms with Gasteiger partial charge in [0.1, 0.15) is 5.82 Å². The van der Waals surface area contributed by atoms with Crippen molar-refractivity contribution >= 4 is 37.9 Å². The van der Waals surface area contributed by atoms with Crippen molar-refractivity contribution in [3.05, 3.63) is 73.6 Å². The lowest BCUT2D eigenvalue weighted by atomic mass is 10.1. The summed E-state index contributed by atoms with van der Waals surface area (Å²) in [5.41, 5.74) is 2.42. The summed E-state index contributed by atoms with van der Waals surface area (Å²) >= 11 is 3.46. The first-order valence-corrected chi connectivity index (χ1v) is 11.6. The molecule has 5 rings (SSSR count). The molecule has 0 bridgehead atoms. The van der Waals surface area contributed by atoms with E-state index in [1.165, 1.54) is 0 Å². The Kier molecular flexibility index (Phi) is 5.08. The van der Waals surface area contributed by atoms with Crippen LogP contribution in [0.1, 0.15) is 45.0 Å². The third-order valence-corrected chi connectivity index (χ3v) is 6.53. The Morgan fingerprint density at radius 1 is 1.03 bits per heavy atom. The fourth-order valence-electron chi connectivity index (χ4n) is 4.26. The monoisotopic (exact) mass is 480 g/mol. The number of nitrogens with zero attached hydrogens (tertiary/aromatic N) is 4.